The molecule has 29 heavy (non-hydrogen) atoms. The van der Waals surface area contributed by atoms with Crippen molar-refractivity contribution in [2.75, 3.05) is 33.4 Å². The van der Waals surface area contributed by atoms with Gasteiger partial charge in [-0.05, 0) is 68.8 Å². The highest BCUT2D eigenvalue weighted by Crippen LogP contribution is 2.28. The summed E-state index contributed by atoms with van der Waals surface area (Å²) in [6, 6.07) is 6.34. The van der Waals surface area contributed by atoms with Crippen LogP contribution in [0.1, 0.15) is 58.4 Å². The second-order valence-corrected chi connectivity index (χ2v) is 7.88. The Bertz CT molecular complexity index is 600. The molecule has 1 fully saturated rings. The molecule has 1 aromatic rings. The Hall–Kier alpha value is -1.46. The number of rotatable bonds is 11. The molecule has 1 aliphatic rings. The van der Waals surface area contributed by atoms with Gasteiger partial charge in [0.25, 0.3) is 0 Å². The van der Waals surface area contributed by atoms with Crippen LogP contribution in [0.4, 0.5) is 0 Å². The van der Waals surface area contributed by atoms with Crippen molar-refractivity contribution >= 4 is 18.3 Å². The lowest BCUT2D eigenvalue weighted by atomic mass is 9.87. The van der Waals surface area contributed by atoms with Crippen molar-refractivity contribution < 1.29 is 14.3 Å². The van der Waals surface area contributed by atoms with E-state index < -0.39 is 0 Å². The minimum Gasteiger partial charge on any atom is -0.493 e. The van der Waals surface area contributed by atoms with Gasteiger partial charge in [0.05, 0.1) is 7.11 Å². The van der Waals surface area contributed by atoms with Crippen LogP contribution < -0.4 is 14.8 Å². The smallest absolute Gasteiger partial charge is 0.220 e. The first kappa shape index (κ1) is 25.6. The van der Waals surface area contributed by atoms with Gasteiger partial charge in [0.2, 0.25) is 5.91 Å². The van der Waals surface area contributed by atoms with Gasteiger partial charge in [-0.2, -0.15) is 0 Å². The molecule has 0 bridgehead atoms. The van der Waals surface area contributed by atoms with Crippen LogP contribution in [-0.4, -0.2) is 50.2 Å². The number of aryl methyl sites for hydroxylation is 1. The number of hydrogen-bond donors (Lipinski definition) is 1. The Morgan fingerprint density at radius 1 is 1.14 bits per heavy atom. The van der Waals surface area contributed by atoms with Crippen molar-refractivity contribution in [3.63, 3.8) is 0 Å². The summed E-state index contributed by atoms with van der Waals surface area (Å²) in [6.07, 6.45) is 5.89. The van der Waals surface area contributed by atoms with E-state index in [1.807, 2.05) is 18.2 Å². The molecule has 0 radical (unpaired) electrons. The fourth-order valence-electron chi connectivity index (χ4n) is 3.77. The van der Waals surface area contributed by atoms with Gasteiger partial charge in [0, 0.05) is 19.0 Å². The molecule has 1 N–H and O–H groups in total. The molecule has 0 saturated heterocycles. The number of methoxy groups -OCH3 is 1. The van der Waals surface area contributed by atoms with Crippen LogP contribution in [0.3, 0.4) is 0 Å². The zero-order valence-corrected chi connectivity index (χ0v) is 19.4. The van der Waals surface area contributed by atoms with Gasteiger partial charge in [-0.3, -0.25) is 4.79 Å². The van der Waals surface area contributed by atoms with E-state index in [0.29, 0.717) is 25.5 Å². The average Bonchev–Trinajstić information content (AvgIpc) is 2.72. The monoisotopic (exact) mass is 426 g/mol. The number of amides is 1. The molecule has 1 aromatic carbocycles. The summed E-state index contributed by atoms with van der Waals surface area (Å²) < 4.78 is 11.4. The maximum atomic E-state index is 12.3. The van der Waals surface area contributed by atoms with E-state index in [0.717, 1.165) is 55.5 Å². The number of nitrogens with zero attached hydrogens (tertiary/aromatic N) is 1. The maximum absolute atomic E-state index is 12.3. The van der Waals surface area contributed by atoms with E-state index in [4.69, 9.17) is 9.47 Å². The third-order valence-electron chi connectivity index (χ3n) is 5.81. The standard InChI is InChI=1S/C23H38N2O3.ClH/c1-5-25(6-2)15-16-28-21-13-9-19(17-22(21)27-4)10-14-23(26)24-20-11-7-18(3)8-12-20;/h9,13,17-18,20H,5-8,10-12,14-16H2,1-4H3,(H,24,26);1H/t18-,20-;. The number of likely N-dealkylation sites (N-methyl/N-ethyl adjacent to an activating group) is 1. The van der Waals surface area contributed by atoms with Crippen LogP contribution in [0, 0.1) is 5.92 Å². The molecule has 2 rings (SSSR count). The van der Waals surface area contributed by atoms with Crippen molar-refractivity contribution in [2.45, 2.75) is 65.3 Å². The van der Waals surface area contributed by atoms with Crippen molar-refractivity contribution in [1.82, 2.24) is 10.2 Å². The first-order valence-corrected chi connectivity index (χ1v) is 10.9. The Kier molecular flexibility index (Phi) is 12.1. The molecule has 0 heterocycles. The fraction of sp³-hybridized carbons (Fsp3) is 0.696. The van der Waals surface area contributed by atoms with Gasteiger partial charge in [0.15, 0.2) is 11.5 Å². The number of nitrogens with one attached hydrogen (secondary N) is 1. The van der Waals surface area contributed by atoms with Gasteiger partial charge in [0.1, 0.15) is 6.61 Å². The molecule has 1 saturated carbocycles. The minimum atomic E-state index is 0. The molecule has 0 spiro atoms. The van der Waals surface area contributed by atoms with Crippen molar-refractivity contribution in [3.05, 3.63) is 23.8 Å². The summed E-state index contributed by atoms with van der Waals surface area (Å²) in [6.45, 7) is 10.2. The normalized spacial score (nSPS) is 18.8. The molecule has 166 valence electrons. The fourth-order valence-corrected chi connectivity index (χ4v) is 3.77. The Morgan fingerprint density at radius 2 is 1.83 bits per heavy atom. The molecule has 1 aliphatic carbocycles. The van der Waals surface area contributed by atoms with Crippen molar-refractivity contribution in [2.24, 2.45) is 5.92 Å². The van der Waals surface area contributed by atoms with E-state index in [2.05, 4.69) is 31.0 Å². The van der Waals surface area contributed by atoms with Crippen LogP contribution in [0.2, 0.25) is 0 Å². The number of carbonyl (C=O) groups excluding carboxylic acids is 1. The van der Waals surface area contributed by atoms with Crippen LogP contribution in [0.5, 0.6) is 11.5 Å². The quantitative estimate of drug-likeness (QED) is 0.567. The highest BCUT2D eigenvalue weighted by atomic mass is 35.5. The number of halogens is 1. The number of carbonyl (C=O) groups is 1. The van der Waals surface area contributed by atoms with Gasteiger partial charge < -0.3 is 19.7 Å². The molecule has 0 aliphatic heterocycles. The second kappa shape index (κ2) is 13.7. The van der Waals surface area contributed by atoms with Crippen LogP contribution >= 0.6 is 12.4 Å². The molecule has 6 heteroatoms. The predicted octanol–water partition coefficient (Wildman–Crippen LogP) is 4.47. The Labute approximate surface area is 182 Å². The summed E-state index contributed by atoms with van der Waals surface area (Å²) in [7, 11) is 1.66. The summed E-state index contributed by atoms with van der Waals surface area (Å²) >= 11 is 0. The highest BCUT2D eigenvalue weighted by molar-refractivity contribution is 5.85. The molecule has 5 nitrogen and oxygen atoms in total. The summed E-state index contributed by atoms with van der Waals surface area (Å²) in [5.74, 6) is 2.45. The highest BCUT2D eigenvalue weighted by Gasteiger charge is 2.19. The largest absolute Gasteiger partial charge is 0.493 e. The van der Waals surface area contributed by atoms with Crippen molar-refractivity contribution in [1.29, 1.82) is 0 Å². The lowest BCUT2D eigenvalue weighted by Gasteiger charge is -2.26. The van der Waals surface area contributed by atoms with Crippen LogP contribution in [-0.2, 0) is 11.2 Å². The summed E-state index contributed by atoms with van der Waals surface area (Å²) in [5.41, 5.74) is 1.10. The lowest BCUT2D eigenvalue weighted by molar-refractivity contribution is -0.122. The zero-order chi connectivity index (χ0) is 20.4. The topological polar surface area (TPSA) is 50.8 Å². The Morgan fingerprint density at radius 3 is 2.45 bits per heavy atom. The minimum absolute atomic E-state index is 0. The van der Waals surface area contributed by atoms with E-state index >= 15 is 0 Å². The van der Waals surface area contributed by atoms with E-state index in [-0.39, 0.29) is 18.3 Å². The molecular formula is C23H39ClN2O3. The van der Waals surface area contributed by atoms with Gasteiger partial charge in [-0.15, -0.1) is 12.4 Å². The number of ether oxygens (including phenoxy) is 2. The van der Waals surface area contributed by atoms with Gasteiger partial charge in [-0.1, -0.05) is 26.8 Å². The maximum Gasteiger partial charge on any atom is 0.220 e. The average molecular weight is 427 g/mol. The van der Waals surface area contributed by atoms with E-state index in [1.54, 1.807) is 7.11 Å². The molecule has 0 atom stereocenters. The third kappa shape index (κ3) is 8.83. The zero-order valence-electron chi connectivity index (χ0n) is 18.5. The SMILES string of the molecule is CCN(CC)CCOc1ccc(CCC(=O)N[C@H]2CC[C@H](C)CC2)cc1OC.Cl. The molecule has 1 amide bonds. The predicted molar refractivity (Wildman–Crippen MR) is 121 cm³/mol. The molecule has 0 aromatic heterocycles. The van der Waals surface area contributed by atoms with Crippen LogP contribution in [0.25, 0.3) is 0 Å². The van der Waals surface area contributed by atoms with Gasteiger partial charge in [-0.25, -0.2) is 0 Å². The molecular weight excluding hydrogens is 388 g/mol. The number of benzene rings is 1. The van der Waals surface area contributed by atoms with Gasteiger partial charge >= 0.3 is 0 Å². The summed E-state index contributed by atoms with van der Waals surface area (Å²) in [4.78, 5) is 14.6. The van der Waals surface area contributed by atoms with Crippen molar-refractivity contribution in [3.8, 4) is 11.5 Å². The second-order valence-electron chi connectivity index (χ2n) is 7.88. The Balaban J connectivity index is 0.00000420. The lowest BCUT2D eigenvalue weighted by Crippen LogP contribution is -2.37. The van der Waals surface area contributed by atoms with E-state index in [1.165, 1.54) is 12.8 Å². The van der Waals surface area contributed by atoms with E-state index in [9.17, 15) is 4.79 Å². The summed E-state index contributed by atoms with van der Waals surface area (Å²) in [5, 5.41) is 3.20. The number of hydrogen-bond acceptors (Lipinski definition) is 4. The first-order chi connectivity index (χ1) is 13.5. The first-order valence-electron chi connectivity index (χ1n) is 10.9. The third-order valence-corrected chi connectivity index (χ3v) is 5.81. The molecule has 0 unspecified atom stereocenters. The van der Waals surface area contributed by atoms with Crippen LogP contribution in [0.15, 0.2) is 18.2 Å².